The molecular formula is C33H24S. The summed E-state index contributed by atoms with van der Waals surface area (Å²) in [5.41, 5.74) is 10.7. The lowest BCUT2D eigenvalue weighted by Crippen LogP contribution is -2.16. The lowest BCUT2D eigenvalue weighted by Gasteiger charge is -2.24. The summed E-state index contributed by atoms with van der Waals surface area (Å²) < 4.78 is 2.70. The second-order valence-electron chi connectivity index (χ2n) is 9.79. The van der Waals surface area contributed by atoms with Crippen LogP contribution in [0.4, 0.5) is 0 Å². The Bertz CT molecular complexity index is 1730. The van der Waals surface area contributed by atoms with Gasteiger partial charge in [-0.05, 0) is 62.7 Å². The first-order chi connectivity index (χ1) is 16.6. The zero-order valence-corrected chi connectivity index (χ0v) is 20.1. The van der Waals surface area contributed by atoms with Crippen molar-refractivity contribution < 1.29 is 0 Å². The molecule has 0 N–H and O–H groups in total. The first kappa shape index (κ1) is 19.8. The Balaban J connectivity index is 1.38. The molecule has 34 heavy (non-hydrogen) atoms. The second kappa shape index (κ2) is 7.16. The number of fused-ring (bicyclic) bond motifs is 6. The molecule has 0 radical (unpaired) electrons. The highest BCUT2D eigenvalue weighted by molar-refractivity contribution is 7.25. The molecule has 5 aromatic carbocycles. The van der Waals surface area contributed by atoms with Gasteiger partial charge in [-0.25, -0.2) is 0 Å². The maximum absolute atomic E-state index is 2.36. The van der Waals surface area contributed by atoms with Crippen molar-refractivity contribution in [1.82, 2.24) is 0 Å². The lowest BCUT2D eigenvalue weighted by atomic mass is 9.78. The molecule has 1 aliphatic carbocycles. The molecule has 0 bridgehead atoms. The Hall–Kier alpha value is -3.68. The van der Waals surface area contributed by atoms with E-state index in [0.29, 0.717) is 0 Å². The molecule has 0 unspecified atom stereocenters. The molecule has 0 saturated carbocycles. The molecule has 1 heteroatoms. The maximum Gasteiger partial charge on any atom is 0.0361 e. The molecule has 1 aliphatic rings. The minimum Gasteiger partial charge on any atom is -0.135 e. The van der Waals surface area contributed by atoms with Gasteiger partial charge in [0.2, 0.25) is 0 Å². The fourth-order valence-corrected chi connectivity index (χ4v) is 7.01. The van der Waals surface area contributed by atoms with Gasteiger partial charge in [-0.15, -0.1) is 11.3 Å². The summed E-state index contributed by atoms with van der Waals surface area (Å²) in [4.78, 5) is 0. The second-order valence-corrected chi connectivity index (χ2v) is 10.9. The van der Waals surface area contributed by atoms with Gasteiger partial charge in [0.15, 0.2) is 0 Å². The van der Waals surface area contributed by atoms with E-state index in [2.05, 4.69) is 123 Å². The van der Waals surface area contributed by atoms with Crippen LogP contribution in [0.2, 0.25) is 0 Å². The van der Waals surface area contributed by atoms with Crippen molar-refractivity contribution >= 4 is 31.5 Å². The fraction of sp³-hybridized carbons (Fsp3) is 0.0909. The molecule has 0 amide bonds. The van der Waals surface area contributed by atoms with Crippen molar-refractivity contribution in [1.29, 1.82) is 0 Å². The van der Waals surface area contributed by atoms with Gasteiger partial charge in [0.05, 0.1) is 0 Å². The zero-order chi connectivity index (χ0) is 22.9. The van der Waals surface area contributed by atoms with E-state index in [1.54, 1.807) is 0 Å². The normalized spacial score (nSPS) is 13.8. The van der Waals surface area contributed by atoms with Crippen LogP contribution in [0.15, 0.2) is 109 Å². The topological polar surface area (TPSA) is 0 Å². The van der Waals surface area contributed by atoms with Crippen molar-refractivity contribution in [2.75, 3.05) is 0 Å². The van der Waals surface area contributed by atoms with Crippen LogP contribution >= 0.6 is 11.3 Å². The Morgan fingerprint density at radius 2 is 1.18 bits per heavy atom. The summed E-state index contributed by atoms with van der Waals surface area (Å²) in [7, 11) is 0. The van der Waals surface area contributed by atoms with Crippen LogP contribution in [0.5, 0.6) is 0 Å². The average Bonchev–Trinajstić information content (AvgIpc) is 3.36. The molecule has 6 aromatic rings. The van der Waals surface area contributed by atoms with Gasteiger partial charge in [-0.3, -0.25) is 0 Å². The molecule has 162 valence electrons. The SMILES string of the molecule is CC1(C)c2ccccc2-c2cccc(-c3cccc(-c4ccc5c(c4)sc4ccccc45)c3)c21. The molecule has 0 saturated heterocycles. The van der Waals surface area contributed by atoms with Gasteiger partial charge in [-0.2, -0.15) is 0 Å². The highest BCUT2D eigenvalue weighted by Gasteiger charge is 2.37. The number of thiophene rings is 1. The summed E-state index contributed by atoms with van der Waals surface area (Å²) in [6, 6.07) is 40.3. The van der Waals surface area contributed by atoms with Gasteiger partial charge in [0.1, 0.15) is 0 Å². The van der Waals surface area contributed by atoms with Gasteiger partial charge in [0.25, 0.3) is 0 Å². The minimum atomic E-state index is -0.0193. The number of benzene rings is 5. The summed E-state index contributed by atoms with van der Waals surface area (Å²) in [6.45, 7) is 4.72. The Labute approximate surface area is 204 Å². The summed E-state index contributed by atoms with van der Waals surface area (Å²) in [5, 5.41) is 2.70. The van der Waals surface area contributed by atoms with Crippen LogP contribution < -0.4 is 0 Å². The molecular weight excluding hydrogens is 428 g/mol. The standard InChI is InChI=1S/C33H24S/c1-33(2)29-15-5-3-11-25(29)28-14-8-13-24(32(28)33)23-10-7-9-21(19-23)22-17-18-27-26-12-4-6-16-30(26)34-31(27)20-22/h3-20H,1-2H3. The predicted octanol–water partition coefficient (Wildman–Crippen LogP) is 9.69. The first-order valence-electron chi connectivity index (χ1n) is 11.9. The van der Waals surface area contributed by atoms with Gasteiger partial charge >= 0.3 is 0 Å². The zero-order valence-electron chi connectivity index (χ0n) is 19.3. The van der Waals surface area contributed by atoms with Crippen molar-refractivity contribution in [3.05, 3.63) is 120 Å². The van der Waals surface area contributed by atoms with E-state index in [1.807, 2.05) is 11.3 Å². The van der Waals surface area contributed by atoms with Crippen LogP contribution in [0.3, 0.4) is 0 Å². The smallest absolute Gasteiger partial charge is 0.0361 e. The Morgan fingerprint density at radius 3 is 2.12 bits per heavy atom. The van der Waals surface area contributed by atoms with E-state index in [9.17, 15) is 0 Å². The molecule has 1 heterocycles. The van der Waals surface area contributed by atoms with Crippen LogP contribution in [-0.2, 0) is 5.41 Å². The van der Waals surface area contributed by atoms with E-state index in [1.165, 1.54) is 64.7 Å². The van der Waals surface area contributed by atoms with Crippen molar-refractivity contribution in [2.45, 2.75) is 19.3 Å². The van der Waals surface area contributed by atoms with E-state index in [4.69, 9.17) is 0 Å². The third kappa shape index (κ3) is 2.77. The van der Waals surface area contributed by atoms with Crippen molar-refractivity contribution in [2.24, 2.45) is 0 Å². The maximum atomic E-state index is 2.36. The van der Waals surface area contributed by atoms with E-state index >= 15 is 0 Å². The molecule has 0 spiro atoms. The third-order valence-corrected chi connectivity index (χ3v) is 8.60. The highest BCUT2D eigenvalue weighted by atomic mass is 32.1. The number of rotatable bonds is 2. The quantitative estimate of drug-likeness (QED) is 0.245. The Kier molecular flexibility index (Phi) is 4.16. The van der Waals surface area contributed by atoms with Crippen LogP contribution in [0.25, 0.3) is 53.6 Å². The van der Waals surface area contributed by atoms with Crippen LogP contribution in [0.1, 0.15) is 25.0 Å². The molecule has 7 rings (SSSR count). The summed E-state index contributed by atoms with van der Waals surface area (Å²) in [6.07, 6.45) is 0. The van der Waals surface area contributed by atoms with E-state index < -0.39 is 0 Å². The predicted molar refractivity (Wildman–Crippen MR) is 148 cm³/mol. The molecule has 0 aliphatic heterocycles. The van der Waals surface area contributed by atoms with Crippen molar-refractivity contribution in [3.63, 3.8) is 0 Å². The molecule has 0 nitrogen and oxygen atoms in total. The van der Waals surface area contributed by atoms with Gasteiger partial charge < -0.3 is 0 Å². The van der Waals surface area contributed by atoms with Crippen molar-refractivity contribution in [3.8, 4) is 33.4 Å². The molecule has 0 atom stereocenters. The van der Waals surface area contributed by atoms with Gasteiger partial charge in [-0.1, -0.05) is 105 Å². The average molecular weight is 453 g/mol. The third-order valence-electron chi connectivity index (χ3n) is 7.47. The summed E-state index contributed by atoms with van der Waals surface area (Å²) in [5.74, 6) is 0. The summed E-state index contributed by atoms with van der Waals surface area (Å²) >= 11 is 1.88. The van der Waals surface area contributed by atoms with E-state index in [0.717, 1.165) is 0 Å². The number of hydrogen-bond donors (Lipinski definition) is 0. The lowest BCUT2D eigenvalue weighted by molar-refractivity contribution is 0.662. The van der Waals surface area contributed by atoms with Gasteiger partial charge in [0, 0.05) is 25.6 Å². The minimum absolute atomic E-state index is 0.0193. The Morgan fingerprint density at radius 1 is 0.500 bits per heavy atom. The largest absolute Gasteiger partial charge is 0.135 e. The number of hydrogen-bond acceptors (Lipinski definition) is 1. The first-order valence-corrected chi connectivity index (χ1v) is 12.7. The molecule has 1 aromatic heterocycles. The molecule has 0 fully saturated rings. The van der Waals surface area contributed by atoms with Crippen LogP contribution in [-0.4, -0.2) is 0 Å². The monoisotopic (exact) mass is 452 g/mol. The highest BCUT2D eigenvalue weighted by Crippen LogP contribution is 2.52. The van der Waals surface area contributed by atoms with Crippen LogP contribution in [0, 0.1) is 0 Å². The fourth-order valence-electron chi connectivity index (χ4n) is 5.86. The van der Waals surface area contributed by atoms with E-state index in [-0.39, 0.29) is 5.41 Å².